The zero-order valence-electron chi connectivity index (χ0n) is 10.6. The molecule has 6 nitrogen and oxygen atoms in total. The van der Waals surface area contributed by atoms with E-state index in [1.54, 1.807) is 6.08 Å². The molecule has 0 saturated heterocycles. The summed E-state index contributed by atoms with van der Waals surface area (Å²) >= 11 is 0. The van der Waals surface area contributed by atoms with Crippen LogP contribution in [0.25, 0.3) is 17.0 Å². The van der Waals surface area contributed by atoms with E-state index in [-0.39, 0.29) is 23.0 Å². The second kappa shape index (κ2) is 3.76. The average molecular weight is 287 g/mol. The van der Waals surface area contributed by atoms with Gasteiger partial charge in [-0.2, -0.15) is 0 Å². The van der Waals surface area contributed by atoms with E-state index in [1.165, 1.54) is 24.3 Å². The summed E-state index contributed by atoms with van der Waals surface area (Å²) in [7, 11) is 0. The van der Waals surface area contributed by atoms with Crippen LogP contribution in [-0.4, -0.2) is 31.3 Å². The Labute approximate surface area is 118 Å². The van der Waals surface area contributed by atoms with Crippen LogP contribution in [0.4, 0.5) is 0 Å². The van der Waals surface area contributed by atoms with Crippen LogP contribution in [-0.2, 0) is 0 Å². The number of phenolic OH excluding ortho intramolecular Hbond substituents is 2. The molecule has 4 rings (SSSR count). The van der Waals surface area contributed by atoms with Gasteiger partial charge in [0.1, 0.15) is 11.5 Å². The molecule has 2 aliphatic rings. The molecular formula is C15H11O6+. The molecule has 1 aliphatic heterocycles. The summed E-state index contributed by atoms with van der Waals surface area (Å²) in [6.45, 7) is 0. The number of ether oxygens (including phenoxy) is 1. The van der Waals surface area contributed by atoms with Crippen LogP contribution in [0, 0.1) is 0 Å². The molecule has 6 heteroatoms. The van der Waals surface area contributed by atoms with E-state index in [1.807, 2.05) is 0 Å². The van der Waals surface area contributed by atoms with Crippen molar-refractivity contribution in [1.29, 1.82) is 0 Å². The molecule has 0 fully saturated rings. The van der Waals surface area contributed by atoms with Crippen LogP contribution in [0.3, 0.4) is 0 Å². The van der Waals surface area contributed by atoms with Crippen molar-refractivity contribution in [2.75, 3.05) is 0 Å². The summed E-state index contributed by atoms with van der Waals surface area (Å²) in [5.41, 5.74) is 0.985. The predicted molar refractivity (Wildman–Crippen MR) is 74.4 cm³/mol. The maximum atomic E-state index is 9.97. The van der Waals surface area contributed by atoms with Gasteiger partial charge in [0.05, 0.1) is 11.6 Å². The highest BCUT2D eigenvalue weighted by Crippen LogP contribution is 2.46. The Hall–Kier alpha value is -3.02. The highest BCUT2D eigenvalue weighted by Gasteiger charge is 2.34. The topological polar surface area (TPSA) is 107 Å². The Balaban J connectivity index is 1.96. The summed E-state index contributed by atoms with van der Waals surface area (Å²) in [6, 6.07) is 2.61. The first-order valence-electron chi connectivity index (χ1n) is 6.25. The summed E-state index contributed by atoms with van der Waals surface area (Å²) in [6.07, 6.45) is 4.06. The number of benzene rings is 1. The molecule has 0 amide bonds. The third-order valence-corrected chi connectivity index (χ3v) is 3.55. The Morgan fingerprint density at radius 2 is 1.81 bits per heavy atom. The second-order valence-electron chi connectivity index (χ2n) is 4.95. The first kappa shape index (κ1) is 11.8. The van der Waals surface area contributed by atoms with Crippen molar-refractivity contribution < 1.29 is 29.6 Å². The van der Waals surface area contributed by atoms with Gasteiger partial charge < -0.3 is 29.6 Å². The molecule has 2 heterocycles. The molecule has 1 aromatic carbocycles. The largest absolute Gasteiger partial charge is 0.571 e. The van der Waals surface area contributed by atoms with Crippen molar-refractivity contribution >= 4 is 17.0 Å². The van der Waals surface area contributed by atoms with Gasteiger partial charge in [-0.25, -0.2) is 0 Å². The molecule has 21 heavy (non-hydrogen) atoms. The van der Waals surface area contributed by atoms with E-state index in [9.17, 15) is 20.4 Å². The number of rotatable bonds is 0. The van der Waals surface area contributed by atoms with Gasteiger partial charge in [0.15, 0.2) is 22.5 Å². The third-order valence-electron chi connectivity index (χ3n) is 3.55. The molecule has 2 aromatic rings. The van der Waals surface area contributed by atoms with Crippen LogP contribution in [0.15, 0.2) is 45.8 Å². The van der Waals surface area contributed by atoms with Crippen LogP contribution in [0.1, 0.15) is 5.76 Å². The van der Waals surface area contributed by atoms with Crippen molar-refractivity contribution in [1.82, 2.24) is 0 Å². The highest BCUT2D eigenvalue weighted by atomic mass is 16.5. The lowest BCUT2D eigenvalue weighted by atomic mass is 9.99. The van der Waals surface area contributed by atoms with Crippen molar-refractivity contribution in [3.8, 4) is 17.2 Å². The molecule has 1 unspecified atom stereocenters. The van der Waals surface area contributed by atoms with Gasteiger partial charge in [0, 0.05) is 18.2 Å². The quantitative estimate of drug-likeness (QED) is 0.557. The minimum atomic E-state index is -0.456. The molecule has 0 bridgehead atoms. The SMILES string of the molecule is OC1=CC2=Cc3oc4cc(O)cc(O)c4c3[OH+]C2C=C1O. The summed E-state index contributed by atoms with van der Waals surface area (Å²) in [5, 5.41) is 39.0. The Kier molecular flexibility index (Phi) is 2.11. The van der Waals surface area contributed by atoms with Gasteiger partial charge in [-0.1, -0.05) is 0 Å². The van der Waals surface area contributed by atoms with Crippen molar-refractivity contribution in [3.05, 3.63) is 47.1 Å². The lowest BCUT2D eigenvalue weighted by Crippen LogP contribution is -2.20. The van der Waals surface area contributed by atoms with Crippen LogP contribution < -0.4 is 0 Å². The van der Waals surface area contributed by atoms with E-state index >= 15 is 0 Å². The minimum absolute atomic E-state index is 0.105. The molecule has 0 spiro atoms. The highest BCUT2D eigenvalue weighted by molar-refractivity contribution is 5.94. The first-order valence-corrected chi connectivity index (χ1v) is 6.25. The lowest BCUT2D eigenvalue weighted by Gasteiger charge is -2.21. The van der Waals surface area contributed by atoms with Crippen LogP contribution >= 0.6 is 0 Å². The van der Waals surface area contributed by atoms with Crippen LogP contribution in [0.2, 0.25) is 0 Å². The fourth-order valence-corrected chi connectivity index (χ4v) is 2.60. The van der Waals surface area contributed by atoms with Crippen molar-refractivity contribution in [2.24, 2.45) is 0 Å². The molecule has 1 atom stereocenters. The molecular weight excluding hydrogens is 276 g/mol. The number of hydrogen-bond donors (Lipinski definition) is 4. The van der Waals surface area contributed by atoms with Gasteiger partial charge >= 0.3 is 5.75 Å². The summed E-state index contributed by atoms with van der Waals surface area (Å²) < 4.78 is 10.0. The number of furan rings is 1. The van der Waals surface area contributed by atoms with E-state index in [0.717, 1.165) is 0 Å². The fraction of sp³-hybridized carbons (Fsp3) is 0.0667. The monoisotopic (exact) mass is 287 g/mol. The summed E-state index contributed by atoms with van der Waals surface area (Å²) in [5.74, 6) is 0.182. The number of hydrogen-bond acceptors (Lipinski definition) is 5. The van der Waals surface area contributed by atoms with Crippen molar-refractivity contribution in [3.63, 3.8) is 0 Å². The number of aromatic hydroxyl groups is 3. The molecule has 0 radical (unpaired) electrons. The maximum absolute atomic E-state index is 9.97. The minimum Gasteiger partial charge on any atom is -0.571 e. The van der Waals surface area contributed by atoms with Gasteiger partial charge in [-0.15, -0.1) is 0 Å². The molecule has 1 aromatic heterocycles. The predicted octanol–water partition coefficient (Wildman–Crippen LogP) is 2.75. The third kappa shape index (κ3) is 1.59. The molecule has 106 valence electrons. The number of fused-ring (bicyclic) bond motifs is 4. The van der Waals surface area contributed by atoms with E-state index in [4.69, 9.17) is 4.42 Å². The van der Waals surface area contributed by atoms with E-state index in [0.29, 0.717) is 28.1 Å². The molecule has 1 aliphatic carbocycles. The summed E-state index contributed by atoms with van der Waals surface area (Å²) in [4.78, 5) is 0. The van der Waals surface area contributed by atoms with Gasteiger partial charge in [-0.3, -0.25) is 0 Å². The first-order chi connectivity index (χ1) is 10.0. The number of aliphatic hydroxyl groups excluding tert-OH is 2. The standard InChI is InChI=1S/C15H10O6/c16-7-3-10(19)14-12(4-7)20-13-2-6-1-8(17)9(18)5-11(6)21-15(13)14/h1-5,11,16-19H/p+1. The smallest absolute Gasteiger partial charge is 0.313 e. The normalized spacial score (nSPS) is 20.0. The number of phenols is 2. The van der Waals surface area contributed by atoms with Crippen molar-refractivity contribution in [2.45, 2.75) is 6.10 Å². The van der Waals surface area contributed by atoms with Crippen LogP contribution in [0.5, 0.6) is 17.2 Å². The van der Waals surface area contributed by atoms with E-state index < -0.39 is 6.10 Å². The van der Waals surface area contributed by atoms with Gasteiger partial charge in [-0.05, 0) is 6.08 Å². The zero-order valence-corrected chi connectivity index (χ0v) is 10.6. The lowest BCUT2D eigenvalue weighted by molar-refractivity contribution is 0.0357. The fourth-order valence-electron chi connectivity index (χ4n) is 2.60. The molecule has 5 N–H and O–H groups in total. The van der Waals surface area contributed by atoms with Gasteiger partial charge in [0.25, 0.3) is 0 Å². The van der Waals surface area contributed by atoms with Gasteiger partial charge in [0.2, 0.25) is 11.9 Å². The Morgan fingerprint density at radius 3 is 2.62 bits per heavy atom. The Bertz CT molecular complexity index is 868. The van der Waals surface area contributed by atoms with E-state index in [2.05, 4.69) is 4.74 Å². The average Bonchev–Trinajstić information content (AvgIpc) is 2.74. The zero-order chi connectivity index (χ0) is 14.7. The second-order valence-corrected chi connectivity index (χ2v) is 4.95. The Morgan fingerprint density at radius 1 is 1.00 bits per heavy atom. The number of aliphatic hydroxyl groups is 3. The maximum Gasteiger partial charge on any atom is 0.313 e. The molecule has 0 saturated carbocycles.